The van der Waals surface area contributed by atoms with Crippen molar-refractivity contribution in [2.75, 3.05) is 6.54 Å². The summed E-state index contributed by atoms with van der Waals surface area (Å²) in [5, 5.41) is 16.6. The summed E-state index contributed by atoms with van der Waals surface area (Å²) < 4.78 is 0. The van der Waals surface area contributed by atoms with Crippen LogP contribution in [0.4, 0.5) is 0 Å². The Hall–Kier alpha value is -2.59. The maximum atomic E-state index is 12.8. The van der Waals surface area contributed by atoms with Gasteiger partial charge in [-0.3, -0.25) is 4.79 Å². The fourth-order valence-corrected chi connectivity index (χ4v) is 3.90. The molecule has 3 atom stereocenters. The van der Waals surface area contributed by atoms with Crippen LogP contribution in [0.2, 0.25) is 0 Å². The van der Waals surface area contributed by atoms with E-state index in [1.807, 2.05) is 37.3 Å². The van der Waals surface area contributed by atoms with E-state index in [0.717, 1.165) is 37.7 Å². The quantitative estimate of drug-likeness (QED) is 0.333. The van der Waals surface area contributed by atoms with E-state index in [-0.39, 0.29) is 29.7 Å². The molecule has 33 heavy (non-hydrogen) atoms. The van der Waals surface area contributed by atoms with Crippen molar-refractivity contribution >= 4 is 12.0 Å². The molecule has 0 aliphatic carbocycles. The van der Waals surface area contributed by atoms with Gasteiger partial charge in [0.15, 0.2) is 0 Å². The minimum absolute atomic E-state index is 0.0108. The molecule has 0 aliphatic rings. The van der Waals surface area contributed by atoms with Gasteiger partial charge in [0.05, 0.1) is 0 Å². The molecule has 180 valence electrons. The van der Waals surface area contributed by atoms with Gasteiger partial charge in [-0.1, -0.05) is 95.2 Å². The van der Waals surface area contributed by atoms with Crippen molar-refractivity contribution in [3.8, 4) is 5.75 Å². The Bertz CT molecular complexity index is 830. The highest BCUT2D eigenvalue weighted by Gasteiger charge is 2.19. The minimum atomic E-state index is -0.0223. The van der Waals surface area contributed by atoms with Gasteiger partial charge in [0.2, 0.25) is 5.91 Å². The summed E-state index contributed by atoms with van der Waals surface area (Å²) in [6.07, 6.45) is 9.22. The molecule has 0 saturated heterocycles. The lowest BCUT2D eigenvalue weighted by atomic mass is 9.99. The fraction of sp³-hybridized carbons (Fsp3) is 0.483. The van der Waals surface area contributed by atoms with Gasteiger partial charge in [0.1, 0.15) is 5.75 Å². The van der Waals surface area contributed by atoms with E-state index in [2.05, 4.69) is 55.7 Å². The predicted octanol–water partition coefficient (Wildman–Crippen LogP) is 5.96. The molecule has 0 heterocycles. The third-order valence-electron chi connectivity index (χ3n) is 5.88. The van der Waals surface area contributed by atoms with Gasteiger partial charge < -0.3 is 15.7 Å². The highest BCUT2D eigenvalue weighted by molar-refractivity contribution is 5.78. The molecule has 2 aromatic rings. The monoisotopic (exact) mass is 450 g/mol. The van der Waals surface area contributed by atoms with Gasteiger partial charge in [-0.2, -0.15) is 0 Å². The number of carbonyl (C=O) groups excluding carboxylic acids is 1. The largest absolute Gasteiger partial charge is 0.508 e. The number of phenols is 1. The maximum absolute atomic E-state index is 12.8. The maximum Gasteiger partial charge on any atom is 0.223 e. The lowest BCUT2D eigenvalue weighted by molar-refractivity contribution is -0.125. The van der Waals surface area contributed by atoms with Crippen LogP contribution in [0.3, 0.4) is 0 Å². The summed E-state index contributed by atoms with van der Waals surface area (Å²) in [5.41, 5.74) is 2.29. The lowest BCUT2D eigenvalue weighted by Crippen LogP contribution is -2.47. The summed E-state index contributed by atoms with van der Waals surface area (Å²) in [7, 11) is 0. The molecule has 4 nitrogen and oxygen atoms in total. The molecule has 2 rings (SSSR count). The number of unbranched alkanes of at least 4 members (excludes halogenated alkanes) is 1. The number of nitrogens with one attached hydrogen (secondary N) is 2. The van der Waals surface area contributed by atoms with E-state index in [1.54, 1.807) is 12.1 Å². The summed E-state index contributed by atoms with van der Waals surface area (Å²) in [6, 6.07) is 17.8. The first kappa shape index (κ1) is 26.7. The van der Waals surface area contributed by atoms with E-state index in [1.165, 1.54) is 5.56 Å². The molecule has 0 aromatic heterocycles. The Morgan fingerprint density at radius 1 is 1.03 bits per heavy atom. The summed E-state index contributed by atoms with van der Waals surface area (Å²) in [6.45, 7) is 9.32. The van der Waals surface area contributed by atoms with Crippen LogP contribution in [-0.4, -0.2) is 29.6 Å². The first-order chi connectivity index (χ1) is 15.9. The second kappa shape index (κ2) is 14.5. The Morgan fingerprint density at radius 3 is 2.36 bits per heavy atom. The van der Waals surface area contributed by atoms with Crippen molar-refractivity contribution in [2.24, 2.45) is 11.8 Å². The van der Waals surface area contributed by atoms with Crippen LogP contribution in [-0.2, 0) is 11.2 Å². The van der Waals surface area contributed by atoms with Crippen molar-refractivity contribution in [3.05, 3.63) is 71.8 Å². The number of amides is 1. The van der Waals surface area contributed by atoms with Crippen LogP contribution in [0.25, 0.3) is 6.08 Å². The van der Waals surface area contributed by atoms with Gasteiger partial charge in [-0.25, -0.2) is 0 Å². The van der Waals surface area contributed by atoms with Gasteiger partial charge >= 0.3 is 0 Å². The lowest BCUT2D eigenvalue weighted by Gasteiger charge is -2.25. The van der Waals surface area contributed by atoms with E-state index in [0.29, 0.717) is 12.5 Å². The minimum Gasteiger partial charge on any atom is -0.508 e. The third-order valence-corrected chi connectivity index (χ3v) is 5.88. The van der Waals surface area contributed by atoms with Crippen LogP contribution in [0.15, 0.2) is 60.7 Å². The van der Waals surface area contributed by atoms with E-state index in [4.69, 9.17) is 0 Å². The normalized spacial score (nSPS) is 14.3. The van der Waals surface area contributed by atoms with Crippen LogP contribution >= 0.6 is 0 Å². The Morgan fingerprint density at radius 2 is 1.73 bits per heavy atom. The fourth-order valence-electron chi connectivity index (χ4n) is 3.90. The topological polar surface area (TPSA) is 61.4 Å². The zero-order valence-electron chi connectivity index (χ0n) is 20.8. The number of benzene rings is 2. The standard InChI is InChI=1S/C29H42N2O2/c1-5-6-10-23(4)29(33)31-27(20-25-14-17-28(32)18-15-25)21-30-26(19-22(2)3)16-13-24-11-8-7-9-12-24/h7-9,11-18,22-23,26-27,30,32H,5-6,10,19-21H2,1-4H3,(H,31,33)/b16-13+/t23-,26+,27-/m0/s1. The van der Waals surface area contributed by atoms with Gasteiger partial charge in [0, 0.05) is 24.5 Å². The van der Waals surface area contributed by atoms with Crippen molar-refractivity contribution < 1.29 is 9.90 Å². The molecule has 0 unspecified atom stereocenters. The second-order valence-corrected chi connectivity index (χ2v) is 9.53. The zero-order chi connectivity index (χ0) is 24.1. The highest BCUT2D eigenvalue weighted by Crippen LogP contribution is 2.14. The Balaban J connectivity index is 2.08. The number of carbonyl (C=O) groups is 1. The molecule has 1 amide bonds. The van der Waals surface area contributed by atoms with Gasteiger partial charge in [0.25, 0.3) is 0 Å². The second-order valence-electron chi connectivity index (χ2n) is 9.53. The van der Waals surface area contributed by atoms with E-state index >= 15 is 0 Å². The molecule has 0 saturated carbocycles. The molecule has 3 N–H and O–H groups in total. The molecule has 0 bridgehead atoms. The molecule has 0 fully saturated rings. The molecule has 4 heteroatoms. The van der Waals surface area contributed by atoms with Crippen LogP contribution < -0.4 is 10.6 Å². The molecule has 0 radical (unpaired) electrons. The number of rotatable bonds is 14. The van der Waals surface area contributed by atoms with Gasteiger partial charge in [-0.15, -0.1) is 0 Å². The molecular formula is C29H42N2O2. The number of hydrogen-bond donors (Lipinski definition) is 3. The Labute approximate surface area is 200 Å². The van der Waals surface area contributed by atoms with Crippen LogP contribution in [0.5, 0.6) is 5.75 Å². The number of hydrogen-bond acceptors (Lipinski definition) is 3. The van der Waals surface area contributed by atoms with Gasteiger partial charge in [-0.05, 0) is 48.4 Å². The first-order valence-corrected chi connectivity index (χ1v) is 12.4. The smallest absolute Gasteiger partial charge is 0.223 e. The molecule has 2 aromatic carbocycles. The SMILES string of the molecule is CCCC[C@H](C)C(=O)N[C@H](CN[C@H](/C=C/c1ccccc1)CC(C)C)Cc1ccc(O)cc1. The van der Waals surface area contributed by atoms with E-state index in [9.17, 15) is 9.90 Å². The third kappa shape index (κ3) is 10.7. The van der Waals surface area contributed by atoms with Crippen molar-refractivity contribution in [1.29, 1.82) is 0 Å². The van der Waals surface area contributed by atoms with Crippen LogP contribution in [0, 0.1) is 11.8 Å². The highest BCUT2D eigenvalue weighted by atomic mass is 16.3. The van der Waals surface area contributed by atoms with Crippen molar-refractivity contribution in [3.63, 3.8) is 0 Å². The summed E-state index contributed by atoms with van der Waals surface area (Å²) >= 11 is 0. The summed E-state index contributed by atoms with van der Waals surface area (Å²) in [5.74, 6) is 0.946. The van der Waals surface area contributed by atoms with E-state index < -0.39 is 0 Å². The number of aromatic hydroxyl groups is 1. The number of phenolic OH excluding ortho intramolecular Hbond substituents is 1. The first-order valence-electron chi connectivity index (χ1n) is 12.4. The van der Waals surface area contributed by atoms with Crippen LogP contribution in [0.1, 0.15) is 64.5 Å². The zero-order valence-corrected chi connectivity index (χ0v) is 20.8. The van der Waals surface area contributed by atoms with Crippen molar-refractivity contribution in [1.82, 2.24) is 10.6 Å². The average Bonchev–Trinajstić information content (AvgIpc) is 2.80. The molecule has 0 aliphatic heterocycles. The molecular weight excluding hydrogens is 408 g/mol. The predicted molar refractivity (Wildman–Crippen MR) is 139 cm³/mol. The molecule has 0 spiro atoms. The average molecular weight is 451 g/mol. The van der Waals surface area contributed by atoms with Crippen molar-refractivity contribution in [2.45, 2.75) is 71.9 Å². The summed E-state index contributed by atoms with van der Waals surface area (Å²) in [4.78, 5) is 12.8. The Kier molecular flexibility index (Phi) is 11.7.